The standard InChI is InChI=1S/C17H13FN4O2/c1-22-15-7-11(9-19)13(18)8-14(15)21-17(22)20-12-5-3-4-10(6-12)16(23)24-2/h3-8H,1-2H3,(H,20,21). The van der Waals surface area contributed by atoms with Crippen LogP contribution in [0.2, 0.25) is 0 Å². The summed E-state index contributed by atoms with van der Waals surface area (Å²) in [6, 6.07) is 11.2. The number of anilines is 2. The maximum atomic E-state index is 13.7. The number of imidazole rings is 1. The van der Waals surface area contributed by atoms with E-state index in [-0.39, 0.29) is 5.56 Å². The molecule has 3 rings (SSSR count). The molecule has 0 saturated heterocycles. The molecule has 1 aromatic heterocycles. The minimum absolute atomic E-state index is 0.0373. The van der Waals surface area contributed by atoms with Crippen LogP contribution in [0.3, 0.4) is 0 Å². The topological polar surface area (TPSA) is 79.9 Å². The van der Waals surface area contributed by atoms with Crippen LogP contribution < -0.4 is 5.32 Å². The number of hydrogen-bond donors (Lipinski definition) is 1. The lowest BCUT2D eigenvalue weighted by atomic mass is 10.2. The maximum absolute atomic E-state index is 13.7. The zero-order valence-corrected chi connectivity index (χ0v) is 13.0. The van der Waals surface area contributed by atoms with E-state index in [9.17, 15) is 9.18 Å². The highest BCUT2D eigenvalue weighted by Crippen LogP contribution is 2.24. The van der Waals surface area contributed by atoms with E-state index in [0.29, 0.717) is 28.2 Å². The fourth-order valence-corrected chi connectivity index (χ4v) is 2.38. The van der Waals surface area contributed by atoms with Gasteiger partial charge in [0.2, 0.25) is 5.95 Å². The number of methoxy groups -OCH3 is 1. The monoisotopic (exact) mass is 324 g/mol. The summed E-state index contributed by atoms with van der Waals surface area (Å²) in [7, 11) is 3.07. The van der Waals surface area contributed by atoms with Crippen molar-refractivity contribution in [2.45, 2.75) is 0 Å². The van der Waals surface area contributed by atoms with Crippen LogP contribution in [0.4, 0.5) is 16.0 Å². The molecule has 7 heteroatoms. The Kier molecular flexibility index (Phi) is 3.88. The molecule has 0 aliphatic rings. The van der Waals surface area contributed by atoms with E-state index in [1.807, 2.05) is 6.07 Å². The van der Waals surface area contributed by atoms with E-state index in [4.69, 9.17) is 10.00 Å². The third-order valence-corrected chi connectivity index (χ3v) is 3.63. The smallest absolute Gasteiger partial charge is 0.337 e. The number of carbonyl (C=O) groups excluding carboxylic acids is 1. The summed E-state index contributed by atoms with van der Waals surface area (Å²) in [5.74, 6) is -0.590. The van der Waals surface area contributed by atoms with Crippen LogP contribution in [0.1, 0.15) is 15.9 Å². The van der Waals surface area contributed by atoms with Crippen LogP contribution in [0.25, 0.3) is 11.0 Å². The molecule has 0 fully saturated rings. The van der Waals surface area contributed by atoms with E-state index in [1.54, 1.807) is 35.9 Å². The van der Waals surface area contributed by atoms with E-state index in [0.717, 1.165) is 0 Å². The number of aryl methyl sites for hydroxylation is 1. The molecule has 0 aliphatic heterocycles. The number of halogens is 1. The highest BCUT2D eigenvalue weighted by molar-refractivity contribution is 5.90. The number of esters is 1. The van der Waals surface area contributed by atoms with Crippen molar-refractivity contribution in [3.63, 3.8) is 0 Å². The summed E-state index contributed by atoms with van der Waals surface area (Å²) in [6.07, 6.45) is 0. The molecular formula is C17H13FN4O2. The van der Waals surface area contributed by atoms with E-state index >= 15 is 0 Å². The highest BCUT2D eigenvalue weighted by atomic mass is 19.1. The molecule has 6 nitrogen and oxygen atoms in total. The molecule has 0 radical (unpaired) electrons. The van der Waals surface area contributed by atoms with E-state index in [2.05, 4.69) is 10.3 Å². The number of rotatable bonds is 3. The Morgan fingerprint density at radius 3 is 2.88 bits per heavy atom. The Morgan fingerprint density at radius 1 is 1.38 bits per heavy atom. The van der Waals surface area contributed by atoms with Gasteiger partial charge in [-0.25, -0.2) is 14.2 Å². The second kappa shape index (κ2) is 6.01. The summed E-state index contributed by atoms with van der Waals surface area (Å²) in [5.41, 5.74) is 2.06. The molecule has 0 saturated carbocycles. The van der Waals surface area contributed by atoms with Gasteiger partial charge in [0.1, 0.15) is 11.9 Å². The van der Waals surface area contributed by atoms with Gasteiger partial charge in [-0.1, -0.05) is 6.07 Å². The van der Waals surface area contributed by atoms with Crippen molar-refractivity contribution in [3.8, 4) is 6.07 Å². The third-order valence-electron chi connectivity index (χ3n) is 3.63. The lowest BCUT2D eigenvalue weighted by Crippen LogP contribution is -2.03. The molecule has 3 aromatic rings. The SMILES string of the molecule is COC(=O)c1cccc(Nc2nc3cc(F)c(C#N)cc3n2C)c1. The van der Waals surface area contributed by atoms with Crippen LogP contribution in [-0.4, -0.2) is 22.6 Å². The molecule has 0 bridgehead atoms. The molecule has 0 aliphatic carbocycles. The number of carbonyl (C=O) groups is 1. The van der Waals surface area contributed by atoms with Crippen LogP contribution in [0.15, 0.2) is 36.4 Å². The second-order valence-electron chi connectivity index (χ2n) is 5.12. The van der Waals surface area contributed by atoms with Crippen molar-refractivity contribution in [2.75, 3.05) is 12.4 Å². The van der Waals surface area contributed by atoms with Gasteiger partial charge >= 0.3 is 5.97 Å². The number of fused-ring (bicyclic) bond motifs is 1. The highest BCUT2D eigenvalue weighted by Gasteiger charge is 2.13. The second-order valence-corrected chi connectivity index (χ2v) is 5.12. The Labute approximate surface area is 137 Å². The van der Waals surface area contributed by atoms with E-state index in [1.165, 1.54) is 19.2 Å². The lowest BCUT2D eigenvalue weighted by Gasteiger charge is -2.07. The summed E-state index contributed by atoms with van der Waals surface area (Å²) >= 11 is 0. The Morgan fingerprint density at radius 2 is 2.17 bits per heavy atom. The van der Waals surface area contributed by atoms with Crippen molar-refractivity contribution < 1.29 is 13.9 Å². The molecule has 24 heavy (non-hydrogen) atoms. The summed E-state index contributed by atoms with van der Waals surface area (Å²) in [6.45, 7) is 0. The van der Waals surface area contributed by atoms with Crippen LogP contribution in [0, 0.1) is 17.1 Å². The van der Waals surface area contributed by atoms with Crippen LogP contribution >= 0.6 is 0 Å². The molecule has 1 N–H and O–H groups in total. The van der Waals surface area contributed by atoms with Crippen molar-refractivity contribution in [3.05, 3.63) is 53.3 Å². The van der Waals surface area contributed by atoms with Gasteiger partial charge in [-0.15, -0.1) is 0 Å². The largest absolute Gasteiger partial charge is 0.465 e. The molecule has 2 aromatic carbocycles. The average molecular weight is 324 g/mol. The first-order chi connectivity index (χ1) is 11.5. The summed E-state index contributed by atoms with van der Waals surface area (Å²) in [5, 5.41) is 12.0. The molecular weight excluding hydrogens is 311 g/mol. The minimum atomic E-state index is -0.609. The van der Waals surface area contributed by atoms with Crippen molar-refractivity contribution >= 4 is 28.6 Å². The molecule has 0 spiro atoms. The Hall–Kier alpha value is -3.40. The number of nitrogens with zero attached hydrogens (tertiary/aromatic N) is 3. The van der Waals surface area contributed by atoms with Gasteiger partial charge in [0.15, 0.2) is 0 Å². The predicted octanol–water partition coefficient (Wildman–Crippen LogP) is 3.11. The van der Waals surface area contributed by atoms with E-state index < -0.39 is 11.8 Å². The van der Waals surface area contributed by atoms with Gasteiger partial charge in [0.05, 0.1) is 29.3 Å². The predicted molar refractivity (Wildman–Crippen MR) is 86.5 cm³/mol. The Balaban J connectivity index is 2.01. The quantitative estimate of drug-likeness (QED) is 0.749. The van der Waals surface area contributed by atoms with Gasteiger partial charge in [0.25, 0.3) is 0 Å². The zero-order valence-electron chi connectivity index (χ0n) is 13.0. The number of hydrogen-bond acceptors (Lipinski definition) is 5. The number of benzene rings is 2. The van der Waals surface area contributed by atoms with Crippen molar-refractivity contribution in [1.82, 2.24) is 9.55 Å². The molecule has 0 atom stereocenters. The van der Waals surface area contributed by atoms with Crippen molar-refractivity contribution in [2.24, 2.45) is 7.05 Å². The number of nitrogens with one attached hydrogen (secondary N) is 1. The fraction of sp³-hybridized carbons (Fsp3) is 0.118. The maximum Gasteiger partial charge on any atom is 0.337 e. The summed E-state index contributed by atoms with van der Waals surface area (Å²) in [4.78, 5) is 15.9. The minimum Gasteiger partial charge on any atom is -0.465 e. The Bertz CT molecular complexity index is 988. The zero-order chi connectivity index (χ0) is 17.3. The van der Waals surface area contributed by atoms with Crippen LogP contribution in [0.5, 0.6) is 0 Å². The fourth-order valence-electron chi connectivity index (χ4n) is 2.38. The van der Waals surface area contributed by atoms with Crippen molar-refractivity contribution in [1.29, 1.82) is 5.26 Å². The summed E-state index contributed by atoms with van der Waals surface area (Å²) < 4.78 is 20.1. The molecule has 1 heterocycles. The van der Waals surface area contributed by atoms with Gasteiger partial charge in [-0.2, -0.15) is 5.26 Å². The molecule has 0 amide bonds. The number of ether oxygens (including phenoxy) is 1. The van der Waals surface area contributed by atoms with Gasteiger partial charge in [0, 0.05) is 18.8 Å². The first kappa shape index (κ1) is 15.5. The first-order valence-electron chi connectivity index (χ1n) is 7.05. The number of aromatic nitrogens is 2. The molecule has 120 valence electrons. The first-order valence-corrected chi connectivity index (χ1v) is 7.05. The lowest BCUT2D eigenvalue weighted by molar-refractivity contribution is 0.0601. The van der Waals surface area contributed by atoms with Crippen LogP contribution in [-0.2, 0) is 11.8 Å². The van der Waals surface area contributed by atoms with Gasteiger partial charge in [-0.3, -0.25) is 0 Å². The number of nitriles is 1. The van der Waals surface area contributed by atoms with Gasteiger partial charge < -0.3 is 14.6 Å². The third kappa shape index (κ3) is 2.65. The average Bonchev–Trinajstić information content (AvgIpc) is 2.88. The van der Waals surface area contributed by atoms with Gasteiger partial charge in [-0.05, 0) is 24.3 Å². The normalized spacial score (nSPS) is 10.4. The molecule has 0 unspecified atom stereocenters.